The van der Waals surface area contributed by atoms with E-state index in [-0.39, 0.29) is 18.6 Å². The third-order valence-corrected chi connectivity index (χ3v) is 6.21. The number of thiocarbonyl (C=S) groups is 1. The molecular weight excluding hydrogens is 400 g/mol. The molecule has 0 spiro atoms. The van der Waals surface area contributed by atoms with Crippen LogP contribution in [0.25, 0.3) is 0 Å². The normalized spacial score (nSPS) is 24.4. The summed E-state index contributed by atoms with van der Waals surface area (Å²) in [6.07, 6.45) is 0. The number of hydrogen-bond donors (Lipinski definition) is 1. The second-order valence-electron chi connectivity index (χ2n) is 7.77. The highest BCUT2D eigenvalue weighted by molar-refractivity contribution is 7.80. The smallest absolute Gasteiger partial charge is 0.317 e. The molecule has 2 heterocycles. The van der Waals surface area contributed by atoms with Crippen LogP contribution in [0.2, 0.25) is 0 Å². The summed E-state index contributed by atoms with van der Waals surface area (Å²) < 4.78 is 17.6. The summed E-state index contributed by atoms with van der Waals surface area (Å²) in [5, 5.41) is 3.90. The van der Waals surface area contributed by atoms with Crippen molar-refractivity contribution in [1.82, 2.24) is 5.32 Å². The molecule has 2 aliphatic rings. The zero-order valence-corrected chi connectivity index (χ0v) is 18.6. The Labute approximate surface area is 182 Å². The lowest BCUT2D eigenvalue weighted by Gasteiger charge is -2.56. The number of benzene rings is 2. The average molecular weight is 427 g/mol. The van der Waals surface area contributed by atoms with E-state index in [1.807, 2.05) is 62.1 Å². The number of fused-ring (bicyclic) bond motifs is 4. The maximum Gasteiger partial charge on any atom is 0.317 e. The van der Waals surface area contributed by atoms with Crippen LogP contribution in [0, 0.1) is 19.8 Å². The van der Waals surface area contributed by atoms with Crippen molar-refractivity contribution in [3.8, 4) is 11.5 Å². The molecule has 2 bridgehead atoms. The number of carbonyl (C=O) groups is 1. The molecule has 0 aromatic heterocycles. The zero-order chi connectivity index (χ0) is 21.6. The van der Waals surface area contributed by atoms with Crippen molar-refractivity contribution >= 4 is 29.0 Å². The molecule has 2 aromatic rings. The Kier molecular flexibility index (Phi) is 5.10. The fourth-order valence-corrected chi connectivity index (χ4v) is 5.02. The molecule has 0 saturated carbocycles. The van der Waals surface area contributed by atoms with E-state index in [1.54, 1.807) is 14.0 Å². The number of nitrogens with one attached hydrogen (secondary N) is 1. The summed E-state index contributed by atoms with van der Waals surface area (Å²) in [4.78, 5) is 15.1. The molecular formula is C23H26N2O4S. The number of hydrogen-bond acceptors (Lipinski definition) is 5. The first kappa shape index (κ1) is 20.5. The van der Waals surface area contributed by atoms with Crippen LogP contribution in [0.5, 0.6) is 11.5 Å². The molecule has 3 atom stereocenters. The highest BCUT2D eigenvalue weighted by Crippen LogP contribution is 2.53. The number of anilines is 1. The Hall–Kier alpha value is -2.80. The Morgan fingerprint density at radius 3 is 2.53 bits per heavy atom. The Balaban J connectivity index is 1.97. The van der Waals surface area contributed by atoms with Crippen LogP contribution in [0.1, 0.15) is 36.6 Å². The van der Waals surface area contributed by atoms with Gasteiger partial charge in [0.1, 0.15) is 5.92 Å². The van der Waals surface area contributed by atoms with Gasteiger partial charge >= 0.3 is 5.97 Å². The Bertz CT molecular complexity index is 1000. The van der Waals surface area contributed by atoms with Crippen LogP contribution >= 0.6 is 12.2 Å². The molecule has 0 amide bonds. The fourth-order valence-electron chi connectivity index (χ4n) is 4.62. The van der Waals surface area contributed by atoms with Crippen LogP contribution in [0.3, 0.4) is 0 Å². The minimum atomic E-state index is -1.10. The topological polar surface area (TPSA) is 60.0 Å². The summed E-state index contributed by atoms with van der Waals surface area (Å²) in [6.45, 7) is 8.04. The molecule has 158 valence electrons. The minimum Gasteiger partial charge on any atom is -0.493 e. The second-order valence-corrected chi connectivity index (χ2v) is 8.15. The molecule has 2 aliphatic heterocycles. The van der Waals surface area contributed by atoms with Crippen molar-refractivity contribution in [2.45, 2.75) is 39.5 Å². The van der Waals surface area contributed by atoms with Crippen molar-refractivity contribution < 1.29 is 19.0 Å². The van der Waals surface area contributed by atoms with E-state index >= 15 is 0 Å². The number of para-hydroxylation sites is 2. The minimum absolute atomic E-state index is 0.289. The molecule has 2 aromatic carbocycles. The summed E-state index contributed by atoms with van der Waals surface area (Å²) in [6, 6.07) is 11.3. The van der Waals surface area contributed by atoms with Gasteiger partial charge in [0, 0.05) is 5.56 Å². The van der Waals surface area contributed by atoms with E-state index in [1.165, 1.54) is 0 Å². The first-order valence-corrected chi connectivity index (χ1v) is 10.4. The van der Waals surface area contributed by atoms with Gasteiger partial charge in [-0.2, -0.15) is 0 Å². The monoisotopic (exact) mass is 426 g/mol. The van der Waals surface area contributed by atoms with Gasteiger partial charge in [0.25, 0.3) is 0 Å². The van der Waals surface area contributed by atoms with E-state index in [2.05, 4.69) is 5.32 Å². The lowest BCUT2D eigenvalue weighted by Crippen LogP contribution is -2.72. The van der Waals surface area contributed by atoms with Crippen molar-refractivity contribution in [1.29, 1.82) is 0 Å². The lowest BCUT2D eigenvalue weighted by atomic mass is 9.79. The largest absolute Gasteiger partial charge is 0.493 e. The molecule has 1 fully saturated rings. The third kappa shape index (κ3) is 2.91. The van der Waals surface area contributed by atoms with Crippen LogP contribution in [-0.4, -0.2) is 30.5 Å². The van der Waals surface area contributed by atoms with Gasteiger partial charge in [0.15, 0.2) is 16.6 Å². The van der Waals surface area contributed by atoms with Crippen LogP contribution < -0.4 is 19.7 Å². The molecule has 30 heavy (non-hydrogen) atoms. The van der Waals surface area contributed by atoms with Gasteiger partial charge in [-0.1, -0.05) is 30.3 Å². The van der Waals surface area contributed by atoms with E-state index in [0.29, 0.717) is 16.6 Å². The molecule has 0 unspecified atom stereocenters. The number of methoxy groups -OCH3 is 1. The third-order valence-electron chi connectivity index (χ3n) is 5.91. The molecule has 1 N–H and O–H groups in total. The van der Waals surface area contributed by atoms with E-state index < -0.39 is 11.6 Å². The highest BCUT2D eigenvalue weighted by atomic mass is 32.1. The second kappa shape index (κ2) is 7.47. The molecule has 0 aliphatic carbocycles. The van der Waals surface area contributed by atoms with Gasteiger partial charge in [-0.25, -0.2) is 0 Å². The van der Waals surface area contributed by atoms with Gasteiger partial charge in [0.05, 0.1) is 25.4 Å². The molecule has 0 radical (unpaired) electrons. The predicted molar refractivity (Wildman–Crippen MR) is 119 cm³/mol. The van der Waals surface area contributed by atoms with Crippen molar-refractivity contribution in [2.24, 2.45) is 5.92 Å². The number of aryl methyl sites for hydroxylation is 2. The number of esters is 1. The molecule has 6 nitrogen and oxygen atoms in total. The summed E-state index contributed by atoms with van der Waals surface area (Å²) in [5.74, 6) is 0.258. The first-order valence-electron chi connectivity index (χ1n) is 10.0. The van der Waals surface area contributed by atoms with Gasteiger partial charge in [-0.15, -0.1) is 0 Å². The van der Waals surface area contributed by atoms with Gasteiger partial charge in [-0.3, -0.25) is 9.69 Å². The van der Waals surface area contributed by atoms with Gasteiger partial charge in [0.2, 0.25) is 5.72 Å². The van der Waals surface area contributed by atoms with Crippen molar-refractivity contribution in [3.63, 3.8) is 0 Å². The Morgan fingerprint density at radius 2 is 1.90 bits per heavy atom. The highest BCUT2D eigenvalue weighted by Gasteiger charge is 2.60. The summed E-state index contributed by atoms with van der Waals surface area (Å²) >= 11 is 5.80. The number of nitrogens with zero attached hydrogens (tertiary/aromatic N) is 1. The number of carbonyl (C=O) groups excluding carboxylic acids is 1. The fraction of sp³-hybridized carbons (Fsp3) is 0.391. The predicted octanol–water partition coefficient (Wildman–Crippen LogP) is 4.04. The van der Waals surface area contributed by atoms with Crippen LogP contribution in [0.4, 0.5) is 5.69 Å². The van der Waals surface area contributed by atoms with E-state index in [4.69, 9.17) is 26.4 Å². The standard InChI is InChI=1S/C23H26N2O4S/c1-6-28-21(26)17-18-15-11-8-12-16(27-5)20(15)29-23(17,4)25(22(30)24-18)19-13(2)9-7-10-14(19)3/h7-12,17-18H,6H2,1-5H3,(H,24,30)/t17-,18-,23-/m0/s1. The maximum absolute atomic E-state index is 13.2. The molecule has 1 saturated heterocycles. The average Bonchev–Trinajstić information content (AvgIpc) is 2.69. The van der Waals surface area contributed by atoms with E-state index in [9.17, 15) is 4.79 Å². The van der Waals surface area contributed by atoms with Crippen molar-refractivity contribution in [2.75, 3.05) is 18.6 Å². The number of rotatable bonds is 4. The molecule has 4 rings (SSSR count). The lowest BCUT2D eigenvalue weighted by molar-refractivity contribution is -0.159. The van der Waals surface area contributed by atoms with Gasteiger partial charge < -0.3 is 19.5 Å². The van der Waals surface area contributed by atoms with Crippen LogP contribution in [-0.2, 0) is 9.53 Å². The SMILES string of the molecule is CCOC(=O)[C@@H]1[C@H]2NC(=S)N(c3c(C)cccc3C)[C@@]1(C)Oc1c(OC)cccc12. The summed E-state index contributed by atoms with van der Waals surface area (Å²) in [7, 11) is 1.61. The van der Waals surface area contributed by atoms with Gasteiger partial charge in [-0.05, 0) is 57.1 Å². The maximum atomic E-state index is 13.2. The zero-order valence-electron chi connectivity index (χ0n) is 17.8. The first-order chi connectivity index (χ1) is 14.3. The molecule has 7 heteroatoms. The Morgan fingerprint density at radius 1 is 1.23 bits per heavy atom. The summed E-state index contributed by atoms with van der Waals surface area (Å²) in [5.41, 5.74) is 2.72. The van der Waals surface area contributed by atoms with E-state index in [0.717, 1.165) is 22.4 Å². The van der Waals surface area contributed by atoms with Crippen LogP contribution in [0.15, 0.2) is 36.4 Å². The van der Waals surface area contributed by atoms with Crippen molar-refractivity contribution in [3.05, 3.63) is 53.1 Å². The quantitative estimate of drug-likeness (QED) is 0.585. The number of ether oxygens (including phenoxy) is 3.